The molecule has 0 aliphatic carbocycles. The topological polar surface area (TPSA) is 71.3 Å². The Balaban J connectivity index is 1.35. The number of anilines is 1. The maximum Gasteiger partial charge on any atom is 0.191 e. The Hall–Kier alpha value is -3.35. The fourth-order valence-electron chi connectivity index (χ4n) is 3.77. The van der Waals surface area contributed by atoms with E-state index in [4.69, 9.17) is 13.9 Å². The number of benzene rings is 2. The van der Waals surface area contributed by atoms with Gasteiger partial charge in [-0.3, -0.25) is 4.99 Å². The van der Waals surface area contributed by atoms with E-state index < -0.39 is 0 Å². The van der Waals surface area contributed by atoms with Gasteiger partial charge in [-0.25, -0.2) is 0 Å². The summed E-state index contributed by atoms with van der Waals surface area (Å²) in [6.07, 6.45) is 1.02. The number of nitrogens with zero attached hydrogens (tertiary/aromatic N) is 2. The third-order valence-corrected chi connectivity index (χ3v) is 5.36. The molecule has 2 aromatic carbocycles. The average Bonchev–Trinajstić information content (AvgIpc) is 3.42. The normalized spacial score (nSPS) is 16.7. The summed E-state index contributed by atoms with van der Waals surface area (Å²) in [5.74, 6) is 3.24. The molecule has 7 nitrogen and oxygen atoms in total. The zero-order valence-corrected chi connectivity index (χ0v) is 17.6. The molecule has 1 atom stereocenters. The van der Waals surface area contributed by atoms with Crippen LogP contribution in [0.25, 0.3) is 11.0 Å². The van der Waals surface area contributed by atoms with Crippen LogP contribution in [0.15, 0.2) is 57.9 Å². The van der Waals surface area contributed by atoms with Crippen molar-refractivity contribution in [3.05, 3.63) is 54.3 Å². The number of nitrogens with one attached hydrogen (secondary N) is 2. The van der Waals surface area contributed by atoms with Crippen molar-refractivity contribution in [2.75, 3.05) is 39.3 Å². The van der Waals surface area contributed by atoms with Crippen LogP contribution in [-0.4, -0.2) is 46.4 Å². The Labute approximate surface area is 176 Å². The molecule has 30 heavy (non-hydrogen) atoms. The molecule has 158 valence electrons. The van der Waals surface area contributed by atoms with Crippen LogP contribution in [0, 0.1) is 0 Å². The van der Waals surface area contributed by atoms with Gasteiger partial charge in [0.1, 0.15) is 22.8 Å². The molecule has 0 amide bonds. The third-order valence-electron chi connectivity index (χ3n) is 5.36. The van der Waals surface area contributed by atoms with Gasteiger partial charge in [0.05, 0.1) is 20.8 Å². The number of guanidine groups is 1. The van der Waals surface area contributed by atoms with Crippen molar-refractivity contribution < 1.29 is 13.9 Å². The summed E-state index contributed by atoms with van der Waals surface area (Å²) in [4.78, 5) is 6.70. The molecule has 7 heteroatoms. The molecular weight excluding hydrogens is 380 g/mol. The highest BCUT2D eigenvalue weighted by Crippen LogP contribution is 2.30. The summed E-state index contributed by atoms with van der Waals surface area (Å²) < 4.78 is 16.7. The second-order valence-electron chi connectivity index (χ2n) is 7.32. The van der Waals surface area contributed by atoms with Crippen molar-refractivity contribution in [1.29, 1.82) is 0 Å². The maximum absolute atomic E-state index is 5.87. The highest BCUT2D eigenvalue weighted by molar-refractivity contribution is 5.81. The van der Waals surface area contributed by atoms with Crippen LogP contribution in [0.5, 0.6) is 11.5 Å². The number of para-hydroxylation sites is 1. The molecule has 1 saturated heterocycles. The van der Waals surface area contributed by atoms with Crippen LogP contribution in [-0.2, 0) is 6.54 Å². The van der Waals surface area contributed by atoms with E-state index >= 15 is 0 Å². The zero-order valence-electron chi connectivity index (χ0n) is 17.6. The smallest absolute Gasteiger partial charge is 0.191 e. The molecule has 0 bridgehead atoms. The molecule has 0 saturated carbocycles. The minimum atomic E-state index is 0.295. The lowest BCUT2D eigenvalue weighted by Crippen LogP contribution is -2.44. The highest BCUT2D eigenvalue weighted by atomic mass is 16.5. The number of methoxy groups -OCH3 is 2. The third kappa shape index (κ3) is 4.45. The Morgan fingerprint density at radius 2 is 1.90 bits per heavy atom. The van der Waals surface area contributed by atoms with Gasteiger partial charge in [0.2, 0.25) is 0 Å². The summed E-state index contributed by atoms with van der Waals surface area (Å²) in [7, 11) is 5.13. The molecule has 2 N–H and O–H groups in total. The van der Waals surface area contributed by atoms with Crippen molar-refractivity contribution in [3.8, 4) is 11.5 Å². The van der Waals surface area contributed by atoms with E-state index in [1.807, 2.05) is 36.4 Å². The summed E-state index contributed by atoms with van der Waals surface area (Å²) in [6.45, 7) is 2.41. The SMILES string of the molecule is CN=C(NCc1cc2ccccc2o1)NC1CCN(c2cc(OC)cc(OC)c2)C1. The van der Waals surface area contributed by atoms with Gasteiger partial charge < -0.3 is 29.4 Å². The molecule has 0 spiro atoms. The van der Waals surface area contributed by atoms with Crippen molar-refractivity contribution in [2.24, 2.45) is 4.99 Å². The average molecular weight is 409 g/mol. The van der Waals surface area contributed by atoms with Crippen LogP contribution < -0.4 is 25.0 Å². The van der Waals surface area contributed by atoms with E-state index in [0.717, 1.165) is 59.4 Å². The second kappa shape index (κ2) is 8.98. The largest absolute Gasteiger partial charge is 0.497 e. The fraction of sp³-hybridized carbons (Fsp3) is 0.348. The lowest BCUT2D eigenvalue weighted by Gasteiger charge is -2.21. The van der Waals surface area contributed by atoms with E-state index in [9.17, 15) is 0 Å². The monoisotopic (exact) mass is 408 g/mol. The second-order valence-corrected chi connectivity index (χ2v) is 7.32. The quantitative estimate of drug-likeness (QED) is 0.481. The van der Waals surface area contributed by atoms with E-state index in [2.05, 4.69) is 32.7 Å². The summed E-state index contributed by atoms with van der Waals surface area (Å²) in [5, 5.41) is 7.98. The first-order valence-electron chi connectivity index (χ1n) is 10.1. The molecule has 1 aliphatic rings. The molecule has 4 rings (SSSR count). The highest BCUT2D eigenvalue weighted by Gasteiger charge is 2.24. The van der Waals surface area contributed by atoms with Gasteiger partial charge in [0, 0.05) is 55.5 Å². The number of ether oxygens (including phenoxy) is 2. The minimum absolute atomic E-state index is 0.295. The van der Waals surface area contributed by atoms with Crippen LogP contribution in [0.1, 0.15) is 12.2 Å². The summed E-state index contributed by atoms with van der Waals surface area (Å²) in [5.41, 5.74) is 2.00. The Morgan fingerprint density at radius 1 is 1.13 bits per heavy atom. The Morgan fingerprint density at radius 3 is 2.60 bits per heavy atom. The summed E-state index contributed by atoms with van der Waals surface area (Å²) in [6, 6.07) is 16.3. The summed E-state index contributed by atoms with van der Waals surface area (Å²) >= 11 is 0. The number of aliphatic imine (C=N–C) groups is 1. The van der Waals surface area contributed by atoms with Gasteiger partial charge in [-0.05, 0) is 18.6 Å². The first kappa shape index (κ1) is 19.9. The molecule has 1 fully saturated rings. The predicted molar refractivity (Wildman–Crippen MR) is 120 cm³/mol. The van der Waals surface area contributed by atoms with Crippen molar-refractivity contribution in [1.82, 2.24) is 10.6 Å². The Bertz CT molecular complexity index is 975. The lowest BCUT2D eigenvalue weighted by molar-refractivity contribution is 0.394. The van der Waals surface area contributed by atoms with E-state index in [1.54, 1.807) is 21.3 Å². The predicted octanol–water partition coefficient (Wildman–Crippen LogP) is 3.39. The zero-order chi connectivity index (χ0) is 20.9. The minimum Gasteiger partial charge on any atom is -0.497 e. The van der Waals surface area contributed by atoms with E-state index in [-0.39, 0.29) is 0 Å². The number of hydrogen-bond acceptors (Lipinski definition) is 5. The van der Waals surface area contributed by atoms with Gasteiger partial charge in [0.25, 0.3) is 0 Å². The standard InChI is InChI=1S/C23H28N4O3/c1-24-23(25-14-21-10-16-6-4-5-7-22(16)30-21)26-17-8-9-27(15-17)18-11-19(28-2)13-20(12-18)29-3/h4-7,10-13,17H,8-9,14-15H2,1-3H3,(H2,24,25,26). The molecule has 1 aliphatic heterocycles. The van der Waals surface area contributed by atoms with E-state index in [0.29, 0.717) is 12.6 Å². The number of furan rings is 1. The van der Waals surface area contributed by atoms with Crippen molar-refractivity contribution >= 4 is 22.6 Å². The van der Waals surface area contributed by atoms with Gasteiger partial charge in [-0.15, -0.1) is 0 Å². The molecule has 3 aromatic rings. The van der Waals surface area contributed by atoms with Crippen molar-refractivity contribution in [2.45, 2.75) is 19.0 Å². The van der Waals surface area contributed by atoms with E-state index in [1.165, 1.54) is 0 Å². The Kier molecular flexibility index (Phi) is 5.97. The van der Waals surface area contributed by atoms with Crippen LogP contribution in [0.4, 0.5) is 5.69 Å². The van der Waals surface area contributed by atoms with Gasteiger partial charge >= 0.3 is 0 Å². The number of hydrogen-bond donors (Lipinski definition) is 2. The van der Waals surface area contributed by atoms with Gasteiger partial charge in [0.15, 0.2) is 5.96 Å². The van der Waals surface area contributed by atoms with Gasteiger partial charge in [-0.1, -0.05) is 18.2 Å². The van der Waals surface area contributed by atoms with Crippen LogP contribution >= 0.6 is 0 Å². The van der Waals surface area contributed by atoms with Crippen LogP contribution in [0.2, 0.25) is 0 Å². The number of rotatable bonds is 6. The number of fused-ring (bicyclic) bond motifs is 1. The van der Waals surface area contributed by atoms with Crippen molar-refractivity contribution in [3.63, 3.8) is 0 Å². The molecule has 0 radical (unpaired) electrons. The molecule has 1 unspecified atom stereocenters. The van der Waals surface area contributed by atoms with Gasteiger partial charge in [-0.2, -0.15) is 0 Å². The molecule has 1 aromatic heterocycles. The maximum atomic E-state index is 5.87. The molecular formula is C23H28N4O3. The first-order chi connectivity index (χ1) is 14.7. The first-order valence-corrected chi connectivity index (χ1v) is 10.1. The fourth-order valence-corrected chi connectivity index (χ4v) is 3.77. The molecule has 2 heterocycles. The lowest BCUT2D eigenvalue weighted by atomic mass is 10.2. The van der Waals surface area contributed by atoms with Crippen LogP contribution in [0.3, 0.4) is 0 Å².